The van der Waals surface area contributed by atoms with Crippen molar-refractivity contribution in [2.75, 3.05) is 13.7 Å². The van der Waals surface area contributed by atoms with Crippen LogP contribution >= 0.6 is 0 Å². The summed E-state index contributed by atoms with van der Waals surface area (Å²) in [7, 11) is 2.07. The lowest BCUT2D eigenvalue weighted by atomic mass is 9.78. The van der Waals surface area contributed by atoms with Crippen LogP contribution in [0.4, 0.5) is 0 Å². The predicted molar refractivity (Wildman–Crippen MR) is 74.2 cm³/mol. The summed E-state index contributed by atoms with van der Waals surface area (Å²) in [5.74, 6) is 2.21. The highest BCUT2D eigenvalue weighted by Gasteiger charge is 2.33. The molecule has 0 aromatic carbocycles. The van der Waals surface area contributed by atoms with Crippen LogP contribution < -0.4 is 5.32 Å². The Bertz CT molecular complexity index is 207. The lowest BCUT2D eigenvalue weighted by Gasteiger charge is -2.39. The summed E-state index contributed by atoms with van der Waals surface area (Å²) in [6, 6.07) is 0.544. The van der Waals surface area contributed by atoms with E-state index in [4.69, 9.17) is 4.74 Å². The van der Waals surface area contributed by atoms with E-state index >= 15 is 0 Å². The maximum absolute atomic E-state index is 6.20. The van der Waals surface area contributed by atoms with E-state index in [1.54, 1.807) is 0 Å². The molecule has 0 spiro atoms. The van der Waals surface area contributed by atoms with Crippen molar-refractivity contribution in [2.45, 2.75) is 65.5 Å². The van der Waals surface area contributed by atoms with Crippen molar-refractivity contribution in [3.63, 3.8) is 0 Å². The highest BCUT2D eigenvalue weighted by molar-refractivity contribution is 4.88. The molecular weight excluding hydrogens is 210 g/mol. The van der Waals surface area contributed by atoms with Crippen LogP contribution in [-0.4, -0.2) is 25.8 Å². The third-order valence-electron chi connectivity index (χ3n) is 4.11. The topological polar surface area (TPSA) is 21.3 Å². The zero-order chi connectivity index (χ0) is 12.8. The minimum Gasteiger partial charge on any atom is -0.376 e. The molecule has 0 aliphatic heterocycles. The van der Waals surface area contributed by atoms with Gasteiger partial charge in [0.05, 0.1) is 6.10 Å². The van der Waals surface area contributed by atoms with Crippen LogP contribution in [-0.2, 0) is 4.74 Å². The Balaban J connectivity index is 2.43. The van der Waals surface area contributed by atoms with E-state index in [0.717, 1.165) is 12.5 Å². The highest BCUT2D eigenvalue weighted by Crippen LogP contribution is 2.31. The molecule has 2 nitrogen and oxygen atoms in total. The molecule has 2 heteroatoms. The molecule has 1 N–H and O–H groups in total. The fourth-order valence-corrected chi connectivity index (χ4v) is 3.24. The molecule has 17 heavy (non-hydrogen) atoms. The predicted octanol–water partition coefficient (Wildman–Crippen LogP) is 3.46. The number of hydrogen-bond acceptors (Lipinski definition) is 2. The monoisotopic (exact) mass is 241 g/mol. The normalized spacial score (nSPS) is 35.8. The molecule has 0 radical (unpaired) electrons. The lowest BCUT2D eigenvalue weighted by molar-refractivity contribution is -0.0482. The quantitative estimate of drug-likeness (QED) is 0.769. The SMILES string of the molecule is CCCC(C)COC1C(C)CC(C)CC1NC. The summed E-state index contributed by atoms with van der Waals surface area (Å²) < 4.78 is 6.20. The van der Waals surface area contributed by atoms with Crippen LogP contribution in [0.5, 0.6) is 0 Å². The molecule has 0 aromatic rings. The summed E-state index contributed by atoms with van der Waals surface area (Å²) in [6.07, 6.45) is 5.52. The Kier molecular flexibility index (Phi) is 6.50. The van der Waals surface area contributed by atoms with Gasteiger partial charge in [0.2, 0.25) is 0 Å². The maximum Gasteiger partial charge on any atom is 0.0753 e. The Morgan fingerprint density at radius 1 is 1.29 bits per heavy atom. The van der Waals surface area contributed by atoms with Gasteiger partial charge in [0, 0.05) is 12.6 Å². The van der Waals surface area contributed by atoms with Gasteiger partial charge < -0.3 is 10.1 Å². The largest absolute Gasteiger partial charge is 0.376 e. The first-order chi connectivity index (χ1) is 8.08. The molecule has 5 unspecified atom stereocenters. The Morgan fingerprint density at radius 2 is 2.00 bits per heavy atom. The summed E-state index contributed by atoms with van der Waals surface area (Å²) >= 11 is 0. The van der Waals surface area contributed by atoms with Crippen molar-refractivity contribution < 1.29 is 4.74 Å². The first kappa shape index (κ1) is 15.0. The van der Waals surface area contributed by atoms with Crippen LogP contribution in [0.25, 0.3) is 0 Å². The van der Waals surface area contributed by atoms with E-state index in [9.17, 15) is 0 Å². The smallest absolute Gasteiger partial charge is 0.0753 e. The standard InChI is InChI=1S/C15H31NO/c1-6-7-11(2)10-17-15-13(4)8-12(3)9-14(15)16-5/h11-16H,6-10H2,1-5H3. The number of nitrogens with one attached hydrogen (secondary N) is 1. The third kappa shape index (κ3) is 4.59. The van der Waals surface area contributed by atoms with Crippen molar-refractivity contribution >= 4 is 0 Å². The van der Waals surface area contributed by atoms with Crippen LogP contribution in [0, 0.1) is 17.8 Å². The highest BCUT2D eigenvalue weighted by atomic mass is 16.5. The minimum atomic E-state index is 0.413. The molecule has 5 atom stereocenters. The van der Waals surface area contributed by atoms with Gasteiger partial charge in [-0.05, 0) is 44.1 Å². The van der Waals surface area contributed by atoms with Gasteiger partial charge in [0.15, 0.2) is 0 Å². The van der Waals surface area contributed by atoms with Crippen molar-refractivity contribution in [3.8, 4) is 0 Å². The molecule has 102 valence electrons. The van der Waals surface area contributed by atoms with Gasteiger partial charge in [-0.15, -0.1) is 0 Å². The van der Waals surface area contributed by atoms with E-state index in [-0.39, 0.29) is 0 Å². The third-order valence-corrected chi connectivity index (χ3v) is 4.11. The molecular formula is C15H31NO. The molecule has 0 aromatic heterocycles. The number of rotatable bonds is 6. The minimum absolute atomic E-state index is 0.413. The molecule has 0 heterocycles. The molecule has 1 aliphatic rings. The second-order valence-electron chi connectivity index (χ2n) is 6.14. The molecule has 1 rings (SSSR count). The van der Waals surface area contributed by atoms with E-state index in [1.807, 2.05) is 0 Å². The molecule has 1 fully saturated rings. The zero-order valence-electron chi connectivity index (χ0n) is 12.3. The van der Waals surface area contributed by atoms with Crippen LogP contribution in [0.1, 0.15) is 53.4 Å². The van der Waals surface area contributed by atoms with Crippen molar-refractivity contribution in [3.05, 3.63) is 0 Å². The van der Waals surface area contributed by atoms with E-state index < -0.39 is 0 Å². The summed E-state index contributed by atoms with van der Waals surface area (Å²) in [6.45, 7) is 10.2. The van der Waals surface area contributed by atoms with Gasteiger partial charge in [0.1, 0.15) is 0 Å². The van der Waals surface area contributed by atoms with Crippen LogP contribution in [0.3, 0.4) is 0 Å². The van der Waals surface area contributed by atoms with E-state index in [2.05, 4.69) is 40.1 Å². The van der Waals surface area contributed by atoms with Gasteiger partial charge in [-0.3, -0.25) is 0 Å². The Morgan fingerprint density at radius 3 is 2.59 bits per heavy atom. The molecule has 0 saturated heterocycles. The summed E-state index contributed by atoms with van der Waals surface area (Å²) in [5, 5.41) is 3.45. The fraction of sp³-hybridized carbons (Fsp3) is 1.00. The first-order valence-electron chi connectivity index (χ1n) is 7.37. The number of hydrogen-bond donors (Lipinski definition) is 1. The van der Waals surface area contributed by atoms with Crippen molar-refractivity contribution in [1.29, 1.82) is 0 Å². The average molecular weight is 241 g/mol. The number of ether oxygens (including phenoxy) is 1. The van der Waals surface area contributed by atoms with E-state index in [1.165, 1.54) is 25.7 Å². The number of likely N-dealkylation sites (N-methyl/N-ethyl adjacent to an activating group) is 1. The molecule has 1 saturated carbocycles. The lowest BCUT2D eigenvalue weighted by Crippen LogP contribution is -2.48. The van der Waals surface area contributed by atoms with Gasteiger partial charge >= 0.3 is 0 Å². The molecule has 0 amide bonds. The van der Waals surface area contributed by atoms with E-state index in [0.29, 0.717) is 24.0 Å². The maximum atomic E-state index is 6.20. The summed E-state index contributed by atoms with van der Waals surface area (Å²) in [5.41, 5.74) is 0. The van der Waals surface area contributed by atoms with Crippen molar-refractivity contribution in [1.82, 2.24) is 5.32 Å². The van der Waals surface area contributed by atoms with Crippen molar-refractivity contribution in [2.24, 2.45) is 17.8 Å². The van der Waals surface area contributed by atoms with Crippen LogP contribution in [0.2, 0.25) is 0 Å². The fourth-order valence-electron chi connectivity index (χ4n) is 3.24. The summed E-state index contributed by atoms with van der Waals surface area (Å²) in [4.78, 5) is 0. The Labute approximate surface area is 108 Å². The van der Waals surface area contributed by atoms with Gasteiger partial charge in [-0.25, -0.2) is 0 Å². The molecule has 0 bridgehead atoms. The van der Waals surface area contributed by atoms with Gasteiger partial charge in [-0.2, -0.15) is 0 Å². The second-order valence-corrected chi connectivity index (χ2v) is 6.14. The van der Waals surface area contributed by atoms with Gasteiger partial charge in [-0.1, -0.05) is 34.1 Å². The first-order valence-corrected chi connectivity index (χ1v) is 7.37. The van der Waals surface area contributed by atoms with Crippen LogP contribution in [0.15, 0.2) is 0 Å². The second kappa shape index (κ2) is 7.38. The molecule has 1 aliphatic carbocycles. The average Bonchev–Trinajstić information content (AvgIpc) is 2.27. The van der Waals surface area contributed by atoms with Gasteiger partial charge in [0.25, 0.3) is 0 Å². The zero-order valence-corrected chi connectivity index (χ0v) is 12.3. The Hall–Kier alpha value is -0.0800.